The second-order valence-corrected chi connectivity index (χ2v) is 7.15. The number of para-hydroxylation sites is 2. The van der Waals surface area contributed by atoms with Gasteiger partial charge in [0.05, 0.1) is 17.4 Å². The third kappa shape index (κ3) is 3.45. The van der Waals surface area contributed by atoms with Crippen LogP contribution in [0.3, 0.4) is 0 Å². The Balaban J connectivity index is 1.49. The van der Waals surface area contributed by atoms with E-state index >= 15 is 0 Å². The fraction of sp³-hybridized carbons (Fsp3) is 0.381. The van der Waals surface area contributed by atoms with E-state index in [4.69, 9.17) is 9.15 Å². The Hall–Kier alpha value is -2.93. The summed E-state index contributed by atoms with van der Waals surface area (Å²) in [5, 5.41) is 0. The van der Waals surface area contributed by atoms with Crippen LogP contribution in [0.1, 0.15) is 40.6 Å². The SMILES string of the molecule is Cc1cc(C2CCCO2)oc(=O)c1C(=O)N(C)CCn1cnc2ccccc21. The summed E-state index contributed by atoms with van der Waals surface area (Å²) < 4.78 is 13.0. The van der Waals surface area contributed by atoms with Crippen LogP contribution < -0.4 is 5.63 Å². The maximum atomic E-state index is 12.9. The van der Waals surface area contributed by atoms with Crippen molar-refractivity contribution in [1.29, 1.82) is 0 Å². The van der Waals surface area contributed by atoms with Gasteiger partial charge in [0.2, 0.25) is 0 Å². The van der Waals surface area contributed by atoms with Crippen molar-refractivity contribution in [3.63, 3.8) is 0 Å². The Bertz CT molecular complexity index is 1060. The van der Waals surface area contributed by atoms with E-state index < -0.39 is 5.63 Å². The summed E-state index contributed by atoms with van der Waals surface area (Å²) in [4.78, 5) is 31.2. The summed E-state index contributed by atoms with van der Waals surface area (Å²) in [5.74, 6) is 0.165. The third-order valence-corrected chi connectivity index (χ3v) is 5.18. The van der Waals surface area contributed by atoms with Crippen molar-refractivity contribution in [3.8, 4) is 0 Å². The van der Waals surface area contributed by atoms with Gasteiger partial charge in [-0.3, -0.25) is 4.79 Å². The molecule has 3 heterocycles. The average molecular weight is 381 g/mol. The predicted octanol–water partition coefficient (Wildman–Crippen LogP) is 2.92. The van der Waals surface area contributed by atoms with Crippen LogP contribution in [0.5, 0.6) is 0 Å². The lowest BCUT2D eigenvalue weighted by Gasteiger charge is -2.18. The standard InChI is InChI=1S/C21H23N3O4/c1-14-12-18(17-8-5-11-27-17)28-21(26)19(14)20(25)23(2)9-10-24-13-22-15-6-3-4-7-16(15)24/h3-4,6-7,12-13,17H,5,8-11H2,1-2H3. The van der Waals surface area contributed by atoms with Crippen LogP contribution in [0.15, 0.2) is 45.9 Å². The predicted molar refractivity (Wildman–Crippen MR) is 104 cm³/mol. The van der Waals surface area contributed by atoms with Crippen LogP contribution in [0.25, 0.3) is 11.0 Å². The molecule has 0 spiro atoms. The highest BCUT2D eigenvalue weighted by molar-refractivity contribution is 5.95. The number of benzene rings is 1. The molecule has 1 amide bonds. The van der Waals surface area contributed by atoms with Gasteiger partial charge in [0.25, 0.3) is 5.91 Å². The topological polar surface area (TPSA) is 77.6 Å². The highest BCUT2D eigenvalue weighted by Gasteiger charge is 2.25. The largest absolute Gasteiger partial charge is 0.424 e. The van der Waals surface area contributed by atoms with Gasteiger partial charge < -0.3 is 18.6 Å². The molecular weight excluding hydrogens is 358 g/mol. The van der Waals surface area contributed by atoms with Crippen LogP contribution >= 0.6 is 0 Å². The van der Waals surface area contributed by atoms with Crippen molar-refractivity contribution < 1.29 is 13.9 Å². The van der Waals surface area contributed by atoms with Crippen LogP contribution in [-0.4, -0.2) is 40.6 Å². The van der Waals surface area contributed by atoms with Gasteiger partial charge in [-0.15, -0.1) is 0 Å². The van der Waals surface area contributed by atoms with Gasteiger partial charge in [-0.25, -0.2) is 9.78 Å². The van der Waals surface area contributed by atoms with Gasteiger partial charge >= 0.3 is 5.63 Å². The smallest absolute Gasteiger partial charge is 0.349 e. The highest BCUT2D eigenvalue weighted by Crippen LogP contribution is 2.28. The van der Waals surface area contributed by atoms with Gasteiger partial charge in [0.15, 0.2) is 0 Å². The summed E-state index contributed by atoms with van der Waals surface area (Å²) >= 11 is 0. The molecule has 1 unspecified atom stereocenters. The number of aromatic nitrogens is 2. The Kier molecular flexibility index (Phi) is 5.00. The molecule has 146 valence electrons. The Morgan fingerprint density at radius 3 is 2.93 bits per heavy atom. The minimum atomic E-state index is -0.601. The second kappa shape index (κ2) is 7.59. The lowest BCUT2D eigenvalue weighted by molar-refractivity contribution is 0.0773. The molecule has 0 bridgehead atoms. The normalized spacial score (nSPS) is 16.6. The van der Waals surface area contributed by atoms with Crippen molar-refractivity contribution in [2.24, 2.45) is 0 Å². The monoisotopic (exact) mass is 381 g/mol. The summed E-state index contributed by atoms with van der Waals surface area (Å²) in [5.41, 5.74) is 2.03. The number of amides is 1. The minimum absolute atomic E-state index is 0.0831. The van der Waals surface area contributed by atoms with E-state index in [9.17, 15) is 9.59 Å². The van der Waals surface area contributed by atoms with Crippen molar-refractivity contribution >= 4 is 16.9 Å². The van der Waals surface area contributed by atoms with Gasteiger partial charge in [0, 0.05) is 26.7 Å². The van der Waals surface area contributed by atoms with E-state index in [1.165, 1.54) is 0 Å². The van der Waals surface area contributed by atoms with E-state index in [2.05, 4.69) is 4.98 Å². The zero-order valence-corrected chi connectivity index (χ0v) is 16.1. The first kappa shape index (κ1) is 18.4. The lowest BCUT2D eigenvalue weighted by atomic mass is 10.1. The second-order valence-electron chi connectivity index (χ2n) is 7.15. The van der Waals surface area contributed by atoms with Crippen LogP contribution in [-0.2, 0) is 11.3 Å². The number of carbonyl (C=O) groups is 1. The summed E-state index contributed by atoms with van der Waals surface area (Å²) in [6, 6.07) is 9.59. The molecule has 1 aliphatic rings. The molecule has 1 aromatic carbocycles. The number of hydrogen-bond donors (Lipinski definition) is 0. The number of likely N-dealkylation sites (N-methyl/N-ethyl adjacent to an activating group) is 1. The quantitative estimate of drug-likeness (QED) is 0.679. The fourth-order valence-electron chi connectivity index (χ4n) is 3.59. The number of rotatable bonds is 5. The van der Waals surface area contributed by atoms with E-state index in [1.807, 2.05) is 28.8 Å². The Labute approximate surface area is 162 Å². The maximum Gasteiger partial charge on any atom is 0.349 e. The molecule has 3 aromatic rings. The number of carbonyl (C=O) groups excluding carboxylic acids is 1. The van der Waals surface area contributed by atoms with Gasteiger partial charge in [-0.1, -0.05) is 12.1 Å². The number of hydrogen-bond acceptors (Lipinski definition) is 5. The summed E-state index contributed by atoms with van der Waals surface area (Å²) in [7, 11) is 1.69. The molecule has 7 nitrogen and oxygen atoms in total. The van der Waals surface area contributed by atoms with E-state index in [1.54, 1.807) is 31.3 Å². The fourth-order valence-corrected chi connectivity index (χ4v) is 3.59. The van der Waals surface area contributed by atoms with E-state index in [0.29, 0.717) is 31.0 Å². The molecule has 0 saturated carbocycles. The molecule has 1 saturated heterocycles. The molecule has 2 aromatic heterocycles. The molecule has 1 aliphatic heterocycles. The highest BCUT2D eigenvalue weighted by atomic mass is 16.5. The lowest BCUT2D eigenvalue weighted by Crippen LogP contribution is -2.34. The molecule has 0 aliphatic carbocycles. The number of aryl methyl sites for hydroxylation is 1. The number of imidazole rings is 1. The van der Waals surface area contributed by atoms with Crippen molar-refractivity contribution in [1.82, 2.24) is 14.5 Å². The molecule has 0 radical (unpaired) electrons. The van der Waals surface area contributed by atoms with Gasteiger partial charge in [-0.05, 0) is 43.5 Å². The Morgan fingerprint density at radius 2 is 2.18 bits per heavy atom. The minimum Gasteiger partial charge on any atom is -0.424 e. The first-order chi connectivity index (χ1) is 13.5. The molecule has 7 heteroatoms. The third-order valence-electron chi connectivity index (χ3n) is 5.18. The van der Waals surface area contributed by atoms with Crippen LogP contribution in [0, 0.1) is 6.92 Å². The molecule has 0 N–H and O–H groups in total. The van der Waals surface area contributed by atoms with Gasteiger partial charge in [-0.2, -0.15) is 0 Å². The van der Waals surface area contributed by atoms with Gasteiger partial charge in [0.1, 0.15) is 17.4 Å². The van der Waals surface area contributed by atoms with E-state index in [0.717, 1.165) is 23.9 Å². The number of fused-ring (bicyclic) bond motifs is 1. The molecule has 28 heavy (non-hydrogen) atoms. The zero-order valence-electron chi connectivity index (χ0n) is 16.1. The van der Waals surface area contributed by atoms with Crippen LogP contribution in [0.4, 0.5) is 0 Å². The Morgan fingerprint density at radius 1 is 1.36 bits per heavy atom. The van der Waals surface area contributed by atoms with Crippen molar-refractivity contribution in [2.75, 3.05) is 20.2 Å². The molecule has 1 atom stereocenters. The zero-order chi connectivity index (χ0) is 19.7. The van der Waals surface area contributed by atoms with Crippen molar-refractivity contribution in [2.45, 2.75) is 32.4 Å². The average Bonchev–Trinajstić information content (AvgIpc) is 3.35. The maximum absolute atomic E-state index is 12.9. The molecular formula is C21H23N3O4. The number of nitrogens with zero attached hydrogens (tertiary/aromatic N) is 3. The first-order valence-corrected chi connectivity index (χ1v) is 9.46. The number of ether oxygens (including phenoxy) is 1. The molecule has 1 fully saturated rings. The van der Waals surface area contributed by atoms with Crippen molar-refractivity contribution in [3.05, 3.63) is 64.0 Å². The first-order valence-electron chi connectivity index (χ1n) is 9.46. The van der Waals surface area contributed by atoms with Crippen LogP contribution in [0.2, 0.25) is 0 Å². The molecule has 4 rings (SSSR count). The summed E-state index contributed by atoms with van der Waals surface area (Å²) in [6.45, 7) is 3.46. The van der Waals surface area contributed by atoms with E-state index in [-0.39, 0.29) is 17.6 Å². The summed E-state index contributed by atoms with van der Waals surface area (Å²) in [6.07, 6.45) is 3.34.